The first-order valence-electron chi connectivity index (χ1n) is 7.06. The Morgan fingerprint density at radius 3 is 2.50 bits per heavy atom. The molecule has 0 saturated heterocycles. The van der Waals surface area contributed by atoms with Crippen molar-refractivity contribution in [3.8, 4) is 0 Å². The van der Waals surface area contributed by atoms with Crippen molar-refractivity contribution in [2.75, 3.05) is 26.4 Å². The number of fused-ring (bicyclic) bond motifs is 1. The Kier molecular flexibility index (Phi) is 5.59. The number of para-hydroxylation sites is 1. The molecule has 0 aliphatic carbocycles. The second-order valence-electron chi connectivity index (χ2n) is 5.34. The van der Waals surface area contributed by atoms with Crippen molar-refractivity contribution in [2.45, 2.75) is 19.9 Å². The quantitative estimate of drug-likeness (QED) is 0.753. The van der Waals surface area contributed by atoms with E-state index < -0.39 is 0 Å². The molecule has 2 rings (SSSR count). The third-order valence-corrected chi connectivity index (χ3v) is 2.93. The summed E-state index contributed by atoms with van der Waals surface area (Å²) in [5.74, 6) is 1.31. The molecule has 110 valence electrons. The lowest BCUT2D eigenvalue weighted by Crippen LogP contribution is -2.18. The highest BCUT2D eigenvalue weighted by Crippen LogP contribution is 2.22. The molecule has 2 N–H and O–H groups in total. The Labute approximate surface area is 119 Å². The van der Waals surface area contributed by atoms with E-state index >= 15 is 0 Å². The van der Waals surface area contributed by atoms with Crippen LogP contribution < -0.4 is 5.73 Å². The Balaban J connectivity index is 1.73. The van der Waals surface area contributed by atoms with Gasteiger partial charge in [0.1, 0.15) is 11.3 Å². The lowest BCUT2D eigenvalue weighted by atomic mass is 10.2. The second-order valence-corrected chi connectivity index (χ2v) is 5.34. The van der Waals surface area contributed by atoms with Crippen molar-refractivity contribution < 1.29 is 13.9 Å². The van der Waals surface area contributed by atoms with E-state index in [0.29, 0.717) is 25.7 Å². The van der Waals surface area contributed by atoms with Crippen molar-refractivity contribution in [3.63, 3.8) is 0 Å². The Bertz CT molecular complexity index is 488. The maximum Gasteiger partial charge on any atom is 0.134 e. The smallest absolute Gasteiger partial charge is 0.134 e. The summed E-state index contributed by atoms with van der Waals surface area (Å²) in [6, 6.07) is 9.60. The van der Waals surface area contributed by atoms with Gasteiger partial charge in [0.15, 0.2) is 0 Å². The minimum absolute atomic E-state index is 0.243. The Morgan fingerprint density at radius 1 is 1.10 bits per heavy atom. The van der Waals surface area contributed by atoms with Crippen LogP contribution in [0.25, 0.3) is 11.0 Å². The van der Waals surface area contributed by atoms with E-state index in [-0.39, 0.29) is 6.04 Å². The van der Waals surface area contributed by atoms with Crippen LogP contribution in [0.4, 0.5) is 0 Å². The van der Waals surface area contributed by atoms with E-state index in [0.717, 1.165) is 23.3 Å². The number of furan rings is 1. The van der Waals surface area contributed by atoms with E-state index in [1.165, 1.54) is 0 Å². The van der Waals surface area contributed by atoms with Crippen LogP contribution in [-0.4, -0.2) is 26.4 Å². The molecule has 1 unspecified atom stereocenters. The fourth-order valence-electron chi connectivity index (χ4n) is 1.91. The van der Waals surface area contributed by atoms with Crippen molar-refractivity contribution >= 4 is 11.0 Å². The molecule has 1 heterocycles. The SMILES string of the molecule is CC(C)COCCOCC(N)c1cc2ccccc2o1. The van der Waals surface area contributed by atoms with Gasteiger partial charge in [0.25, 0.3) is 0 Å². The summed E-state index contributed by atoms with van der Waals surface area (Å²) >= 11 is 0. The highest BCUT2D eigenvalue weighted by molar-refractivity contribution is 5.77. The second kappa shape index (κ2) is 7.43. The number of benzene rings is 1. The van der Waals surface area contributed by atoms with Crippen LogP contribution in [0.15, 0.2) is 34.7 Å². The summed E-state index contributed by atoms with van der Waals surface area (Å²) in [5.41, 5.74) is 6.92. The molecule has 0 bridgehead atoms. The zero-order valence-corrected chi connectivity index (χ0v) is 12.2. The summed E-state index contributed by atoms with van der Waals surface area (Å²) in [7, 11) is 0. The predicted octanol–water partition coefficient (Wildman–Crippen LogP) is 3.12. The van der Waals surface area contributed by atoms with Gasteiger partial charge in [-0.3, -0.25) is 0 Å². The van der Waals surface area contributed by atoms with Crippen molar-refractivity contribution in [1.82, 2.24) is 0 Å². The van der Waals surface area contributed by atoms with Crippen molar-refractivity contribution in [1.29, 1.82) is 0 Å². The van der Waals surface area contributed by atoms with Crippen LogP contribution in [-0.2, 0) is 9.47 Å². The molecule has 0 amide bonds. The summed E-state index contributed by atoms with van der Waals surface area (Å²) in [4.78, 5) is 0. The number of hydrogen-bond acceptors (Lipinski definition) is 4. The third kappa shape index (κ3) is 4.34. The highest BCUT2D eigenvalue weighted by atomic mass is 16.5. The van der Waals surface area contributed by atoms with Crippen LogP contribution in [0.3, 0.4) is 0 Å². The van der Waals surface area contributed by atoms with Gasteiger partial charge >= 0.3 is 0 Å². The third-order valence-electron chi connectivity index (χ3n) is 2.93. The first kappa shape index (κ1) is 15.0. The van der Waals surface area contributed by atoms with Crippen molar-refractivity contribution in [2.24, 2.45) is 11.7 Å². The van der Waals surface area contributed by atoms with Gasteiger partial charge in [0.2, 0.25) is 0 Å². The normalized spacial score (nSPS) is 13.2. The molecular formula is C16H23NO3. The lowest BCUT2D eigenvalue weighted by molar-refractivity contribution is 0.0319. The van der Waals surface area contributed by atoms with Gasteiger partial charge in [0.05, 0.1) is 25.9 Å². The molecule has 0 aliphatic heterocycles. The maximum atomic E-state index is 6.06. The van der Waals surface area contributed by atoms with Crippen LogP contribution in [0, 0.1) is 5.92 Å². The van der Waals surface area contributed by atoms with Gasteiger partial charge in [-0.25, -0.2) is 0 Å². The Morgan fingerprint density at radius 2 is 1.80 bits per heavy atom. The number of ether oxygens (including phenoxy) is 2. The monoisotopic (exact) mass is 277 g/mol. The predicted molar refractivity (Wildman–Crippen MR) is 79.6 cm³/mol. The molecule has 0 spiro atoms. The minimum atomic E-state index is -0.243. The summed E-state index contributed by atoms with van der Waals surface area (Å²) < 4.78 is 16.7. The van der Waals surface area contributed by atoms with Crippen LogP contribution in [0.5, 0.6) is 0 Å². The largest absolute Gasteiger partial charge is 0.459 e. The van der Waals surface area contributed by atoms with Gasteiger partial charge in [-0.05, 0) is 18.1 Å². The van der Waals surface area contributed by atoms with Gasteiger partial charge in [-0.2, -0.15) is 0 Å². The fourth-order valence-corrected chi connectivity index (χ4v) is 1.91. The first-order chi connectivity index (χ1) is 9.66. The Hall–Kier alpha value is -1.36. The highest BCUT2D eigenvalue weighted by Gasteiger charge is 2.11. The van der Waals surface area contributed by atoms with Crippen LogP contribution in [0.1, 0.15) is 25.6 Å². The standard InChI is InChI=1S/C16H23NO3/c1-12(2)10-18-7-8-19-11-14(17)16-9-13-5-3-4-6-15(13)20-16/h3-6,9,12,14H,7-8,10-11,17H2,1-2H3. The lowest BCUT2D eigenvalue weighted by Gasteiger charge is -2.10. The van der Waals surface area contributed by atoms with Crippen LogP contribution >= 0.6 is 0 Å². The van der Waals surface area contributed by atoms with Gasteiger partial charge in [0, 0.05) is 12.0 Å². The van der Waals surface area contributed by atoms with Gasteiger partial charge < -0.3 is 19.6 Å². The summed E-state index contributed by atoms with van der Waals surface area (Å²) in [5, 5.41) is 1.07. The van der Waals surface area contributed by atoms with E-state index in [4.69, 9.17) is 19.6 Å². The number of hydrogen-bond donors (Lipinski definition) is 1. The molecule has 0 radical (unpaired) electrons. The van der Waals surface area contributed by atoms with Gasteiger partial charge in [-0.1, -0.05) is 32.0 Å². The molecule has 1 aromatic heterocycles. The zero-order chi connectivity index (χ0) is 14.4. The molecule has 20 heavy (non-hydrogen) atoms. The summed E-state index contributed by atoms with van der Waals surface area (Å²) in [6.07, 6.45) is 0. The number of rotatable bonds is 8. The van der Waals surface area contributed by atoms with Crippen LogP contribution in [0.2, 0.25) is 0 Å². The molecule has 1 atom stereocenters. The molecule has 4 nitrogen and oxygen atoms in total. The molecule has 2 aromatic rings. The van der Waals surface area contributed by atoms with Gasteiger partial charge in [-0.15, -0.1) is 0 Å². The van der Waals surface area contributed by atoms with E-state index in [2.05, 4.69) is 13.8 Å². The zero-order valence-electron chi connectivity index (χ0n) is 12.2. The molecule has 0 aliphatic rings. The number of nitrogens with two attached hydrogens (primary N) is 1. The summed E-state index contributed by atoms with van der Waals surface area (Å²) in [6.45, 7) is 6.60. The molecular weight excluding hydrogens is 254 g/mol. The minimum Gasteiger partial charge on any atom is -0.459 e. The van der Waals surface area contributed by atoms with E-state index in [1.807, 2.05) is 30.3 Å². The van der Waals surface area contributed by atoms with E-state index in [9.17, 15) is 0 Å². The maximum absolute atomic E-state index is 6.06. The average molecular weight is 277 g/mol. The fraction of sp³-hybridized carbons (Fsp3) is 0.500. The topological polar surface area (TPSA) is 57.6 Å². The average Bonchev–Trinajstić information content (AvgIpc) is 2.86. The van der Waals surface area contributed by atoms with E-state index in [1.54, 1.807) is 0 Å². The molecule has 1 aromatic carbocycles. The molecule has 4 heteroatoms. The van der Waals surface area contributed by atoms with Crippen molar-refractivity contribution in [3.05, 3.63) is 36.1 Å². The molecule has 0 saturated carbocycles. The first-order valence-corrected chi connectivity index (χ1v) is 7.06. The molecule has 0 fully saturated rings.